The van der Waals surface area contributed by atoms with Crippen LogP contribution in [0.1, 0.15) is 27.8 Å². The number of methoxy groups -OCH3 is 1. The molecule has 0 aliphatic rings. The molecule has 2 aromatic carbocycles. The summed E-state index contributed by atoms with van der Waals surface area (Å²) in [5.74, 6) is 0.596. The Kier molecular flexibility index (Phi) is 5.80. The molecule has 2 heterocycles. The van der Waals surface area contributed by atoms with Crippen molar-refractivity contribution in [1.82, 2.24) is 14.8 Å². The van der Waals surface area contributed by atoms with Crippen LogP contribution in [0.4, 0.5) is 5.69 Å². The first-order chi connectivity index (χ1) is 15.0. The topological polar surface area (TPSA) is 69.0 Å². The first kappa shape index (κ1) is 20.3. The maximum atomic E-state index is 13.8. The highest BCUT2D eigenvalue weighted by molar-refractivity contribution is 6.05. The van der Waals surface area contributed by atoms with Gasteiger partial charge < -0.3 is 10.1 Å². The number of aryl methyl sites for hydroxylation is 2. The molecule has 0 aliphatic carbocycles. The lowest BCUT2D eigenvalue weighted by Gasteiger charge is -2.19. The normalized spacial score (nSPS) is 11.7. The minimum absolute atomic E-state index is 0.120. The van der Waals surface area contributed by atoms with Gasteiger partial charge in [0.2, 0.25) is 5.78 Å². The second-order valence-corrected chi connectivity index (χ2v) is 7.34. The number of anilines is 1. The van der Waals surface area contributed by atoms with Gasteiger partial charge in [0.05, 0.1) is 7.11 Å². The minimum Gasteiger partial charge on any atom is -0.497 e. The largest absolute Gasteiger partial charge is 0.497 e. The van der Waals surface area contributed by atoms with Crippen LogP contribution in [-0.2, 0) is 7.05 Å². The smallest absolute Gasteiger partial charge is 0.210 e. The van der Waals surface area contributed by atoms with Crippen LogP contribution in [-0.4, -0.2) is 27.7 Å². The van der Waals surface area contributed by atoms with Crippen LogP contribution >= 0.6 is 0 Å². The highest BCUT2D eigenvalue weighted by atomic mass is 16.5. The standard InChI is InChI=1S/C25H24N4O2/c1-17-12-13-19(15-26-17)22-16-29(2)28-24(22)25(30)23(18-8-5-4-6-9-18)27-20-10-7-11-21(14-20)31-3/h4-16,23,27H,1-3H3. The van der Waals surface area contributed by atoms with Gasteiger partial charge in [-0.1, -0.05) is 42.5 Å². The van der Waals surface area contributed by atoms with Gasteiger partial charge >= 0.3 is 0 Å². The molecule has 0 bridgehead atoms. The fourth-order valence-electron chi connectivity index (χ4n) is 3.47. The summed E-state index contributed by atoms with van der Waals surface area (Å²) in [6.45, 7) is 1.93. The molecule has 0 amide bonds. The molecule has 0 saturated heterocycles. The van der Waals surface area contributed by atoms with Crippen LogP contribution in [0.15, 0.2) is 79.1 Å². The molecule has 156 valence electrons. The van der Waals surface area contributed by atoms with Crippen molar-refractivity contribution in [3.8, 4) is 16.9 Å². The Morgan fingerprint density at radius 1 is 1.06 bits per heavy atom. The summed E-state index contributed by atoms with van der Waals surface area (Å²) < 4.78 is 6.99. The van der Waals surface area contributed by atoms with Crippen LogP contribution < -0.4 is 10.1 Å². The predicted molar refractivity (Wildman–Crippen MR) is 121 cm³/mol. The summed E-state index contributed by atoms with van der Waals surface area (Å²) in [4.78, 5) is 18.2. The Morgan fingerprint density at radius 2 is 1.87 bits per heavy atom. The van der Waals surface area contributed by atoms with Crippen molar-refractivity contribution >= 4 is 11.5 Å². The summed E-state index contributed by atoms with van der Waals surface area (Å²) >= 11 is 0. The molecule has 2 aromatic heterocycles. The van der Waals surface area contributed by atoms with Crippen LogP contribution in [0.25, 0.3) is 11.1 Å². The highest BCUT2D eigenvalue weighted by Gasteiger charge is 2.27. The van der Waals surface area contributed by atoms with Gasteiger partial charge in [0.15, 0.2) is 0 Å². The quantitative estimate of drug-likeness (QED) is 0.440. The number of Topliss-reactive ketones (excluding diaryl/α,β-unsaturated/α-hetero) is 1. The minimum atomic E-state index is -0.611. The van der Waals surface area contributed by atoms with Crippen molar-refractivity contribution in [2.24, 2.45) is 7.05 Å². The van der Waals surface area contributed by atoms with E-state index in [1.54, 1.807) is 18.0 Å². The number of ether oxygens (including phenoxy) is 1. The Morgan fingerprint density at radius 3 is 2.58 bits per heavy atom. The van der Waals surface area contributed by atoms with E-state index >= 15 is 0 Å². The van der Waals surface area contributed by atoms with Gasteiger partial charge in [0.25, 0.3) is 0 Å². The summed E-state index contributed by atoms with van der Waals surface area (Å²) in [7, 11) is 3.43. The van der Waals surface area contributed by atoms with Crippen LogP contribution in [0.5, 0.6) is 5.75 Å². The molecule has 0 saturated carbocycles. The van der Waals surface area contributed by atoms with Gasteiger partial charge in [-0.05, 0) is 30.7 Å². The van der Waals surface area contributed by atoms with Gasteiger partial charge in [0, 0.05) is 48.0 Å². The zero-order valence-corrected chi connectivity index (χ0v) is 17.7. The van der Waals surface area contributed by atoms with E-state index in [9.17, 15) is 4.79 Å². The van der Waals surface area contributed by atoms with Crippen molar-refractivity contribution in [3.05, 3.63) is 96.1 Å². The average Bonchev–Trinajstić information content (AvgIpc) is 3.20. The molecular formula is C25H24N4O2. The van der Waals surface area contributed by atoms with E-state index in [1.807, 2.05) is 86.9 Å². The maximum absolute atomic E-state index is 13.8. The third kappa shape index (κ3) is 4.48. The predicted octanol–water partition coefficient (Wildman–Crippen LogP) is 4.84. The monoisotopic (exact) mass is 412 g/mol. The average molecular weight is 412 g/mol. The summed E-state index contributed by atoms with van der Waals surface area (Å²) in [6.07, 6.45) is 3.63. The number of carbonyl (C=O) groups is 1. The molecule has 0 aliphatic heterocycles. The number of nitrogens with one attached hydrogen (secondary N) is 1. The van der Waals surface area contributed by atoms with E-state index in [1.165, 1.54) is 0 Å². The number of pyridine rings is 1. The zero-order valence-electron chi connectivity index (χ0n) is 17.7. The van der Waals surface area contributed by atoms with Crippen molar-refractivity contribution in [2.75, 3.05) is 12.4 Å². The lowest BCUT2D eigenvalue weighted by Crippen LogP contribution is -2.22. The third-order valence-corrected chi connectivity index (χ3v) is 5.06. The first-order valence-corrected chi connectivity index (χ1v) is 10.0. The fourth-order valence-corrected chi connectivity index (χ4v) is 3.47. The number of benzene rings is 2. The zero-order chi connectivity index (χ0) is 21.8. The number of hydrogen-bond donors (Lipinski definition) is 1. The SMILES string of the molecule is COc1cccc(NC(C(=O)c2nn(C)cc2-c2ccc(C)nc2)c2ccccc2)c1. The fraction of sp³-hybridized carbons (Fsp3) is 0.160. The molecule has 6 nitrogen and oxygen atoms in total. The van der Waals surface area contributed by atoms with E-state index in [-0.39, 0.29) is 5.78 Å². The van der Waals surface area contributed by atoms with E-state index in [4.69, 9.17) is 4.74 Å². The van der Waals surface area contributed by atoms with E-state index in [0.717, 1.165) is 28.1 Å². The lowest BCUT2D eigenvalue weighted by atomic mass is 9.96. The Balaban J connectivity index is 1.75. The number of ketones is 1. The number of aromatic nitrogens is 3. The summed E-state index contributed by atoms with van der Waals surface area (Å²) in [5, 5.41) is 7.88. The summed E-state index contributed by atoms with van der Waals surface area (Å²) in [6, 6.07) is 20.5. The van der Waals surface area contributed by atoms with Crippen molar-refractivity contribution < 1.29 is 9.53 Å². The first-order valence-electron chi connectivity index (χ1n) is 10.0. The van der Waals surface area contributed by atoms with Gasteiger partial charge in [-0.25, -0.2) is 0 Å². The van der Waals surface area contributed by atoms with Crippen LogP contribution in [0.2, 0.25) is 0 Å². The van der Waals surface area contributed by atoms with Gasteiger partial charge in [-0.2, -0.15) is 5.10 Å². The van der Waals surface area contributed by atoms with Gasteiger partial charge in [0.1, 0.15) is 17.5 Å². The molecular weight excluding hydrogens is 388 g/mol. The number of nitrogens with zero attached hydrogens (tertiary/aromatic N) is 3. The van der Waals surface area contributed by atoms with Crippen LogP contribution in [0, 0.1) is 6.92 Å². The van der Waals surface area contributed by atoms with E-state index in [2.05, 4.69) is 15.4 Å². The molecule has 1 unspecified atom stereocenters. The second-order valence-electron chi connectivity index (χ2n) is 7.34. The molecule has 0 radical (unpaired) electrons. The van der Waals surface area contributed by atoms with E-state index in [0.29, 0.717) is 11.4 Å². The maximum Gasteiger partial charge on any atom is 0.210 e. The number of carbonyl (C=O) groups excluding carboxylic acids is 1. The van der Waals surface area contributed by atoms with Gasteiger partial charge in [-0.3, -0.25) is 14.5 Å². The molecule has 1 N–H and O–H groups in total. The number of hydrogen-bond acceptors (Lipinski definition) is 5. The molecule has 4 rings (SSSR count). The molecule has 0 spiro atoms. The molecule has 1 atom stereocenters. The third-order valence-electron chi connectivity index (χ3n) is 5.06. The number of rotatable bonds is 7. The highest BCUT2D eigenvalue weighted by Crippen LogP contribution is 2.30. The summed E-state index contributed by atoms with van der Waals surface area (Å²) in [5.41, 5.74) is 4.58. The Bertz CT molecular complexity index is 1180. The van der Waals surface area contributed by atoms with E-state index < -0.39 is 6.04 Å². The lowest BCUT2D eigenvalue weighted by molar-refractivity contribution is 0.0964. The Labute approximate surface area is 181 Å². The van der Waals surface area contributed by atoms with Crippen molar-refractivity contribution in [2.45, 2.75) is 13.0 Å². The second kappa shape index (κ2) is 8.83. The van der Waals surface area contributed by atoms with Crippen LogP contribution in [0.3, 0.4) is 0 Å². The molecule has 6 heteroatoms. The molecule has 0 fully saturated rings. The molecule has 31 heavy (non-hydrogen) atoms. The van der Waals surface area contributed by atoms with Gasteiger partial charge in [-0.15, -0.1) is 0 Å². The molecule has 4 aromatic rings. The Hall–Kier alpha value is -3.93. The van der Waals surface area contributed by atoms with Crippen molar-refractivity contribution in [3.63, 3.8) is 0 Å². The van der Waals surface area contributed by atoms with Crippen molar-refractivity contribution in [1.29, 1.82) is 0 Å².